The van der Waals surface area contributed by atoms with Gasteiger partial charge in [-0.25, -0.2) is 4.68 Å². The van der Waals surface area contributed by atoms with Crippen LogP contribution in [0.5, 0.6) is 5.75 Å². The number of amides is 1. The Morgan fingerprint density at radius 1 is 1.21 bits per heavy atom. The van der Waals surface area contributed by atoms with E-state index in [4.69, 9.17) is 9.84 Å². The van der Waals surface area contributed by atoms with Gasteiger partial charge in [-0.2, -0.15) is 5.10 Å². The molecule has 0 fully saturated rings. The number of hydrogen-bond donors (Lipinski definition) is 1. The lowest BCUT2D eigenvalue weighted by molar-refractivity contribution is -0.118. The quantitative estimate of drug-likeness (QED) is 0.693. The third kappa shape index (κ3) is 3.48. The Balaban J connectivity index is 1.76. The second kappa shape index (κ2) is 7.44. The number of aryl methyl sites for hydroxylation is 2. The zero-order valence-electron chi connectivity index (χ0n) is 15.9. The van der Waals surface area contributed by atoms with Crippen molar-refractivity contribution >= 4 is 29.1 Å². The Morgan fingerprint density at radius 3 is 2.86 bits per heavy atom. The number of ether oxygens (including phenoxy) is 1. The molecule has 0 saturated heterocycles. The average Bonchev–Trinajstić information content (AvgIpc) is 3.09. The molecule has 6 nitrogen and oxygen atoms in total. The summed E-state index contributed by atoms with van der Waals surface area (Å²) >= 11 is 1.51. The SMILES string of the molecule is CN=c1scc(-c2ccc3c(c2)NC(=O)CO3)n1N=Cc1ccc(C)cc1C. The van der Waals surface area contributed by atoms with E-state index in [1.807, 2.05) is 34.5 Å². The van der Waals surface area contributed by atoms with E-state index in [-0.39, 0.29) is 12.5 Å². The minimum atomic E-state index is -0.153. The Bertz CT molecular complexity index is 1160. The van der Waals surface area contributed by atoms with Gasteiger partial charge >= 0.3 is 0 Å². The summed E-state index contributed by atoms with van der Waals surface area (Å²) in [5.74, 6) is 0.518. The molecule has 1 amide bonds. The molecule has 1 N–H and O–H groups in total. The molecule has 4 rings (SSSR count). The number of hydrogen-bond acceptors (Lipinski definition) is 5. The molecule has 0 spiro atoms. The van der Waals surface area contributed by atoms with Crippen LogP contribution in [0.15, 0.2) is 51.9 Å². The van der Waals surface area contributed by atoms with Gasteiger partial charge in [-0.15, -0.1) is 11.3 Å². The highest BCUT2D eigenvalue weighted by molar-refractivity contribution is 7.07. The normalized spacial score (nSPS) is 14.1. The van der Waals surface area contributed by atoms with Gasteiger partial charge < -0.3 is 10.1 Å². The molecular formula is C21H20N4O2S. The molecule has 1 aliphatic heterocycles. The number of aromatic nitrogens is 1. The zero-order valence-corrected chi connectivity index (χ0v) is 16.7. The molecule has 0 radical (unpaired) electrons. The first-order chi connectivity index (χ1) is 13.5. The van der Waals surface area contributed by atoms with Gasteiger partial charge in [0.25, 0.3) is 5.91 Å². The number of anilines is 1. The van der Waals surface area contributed by atoms with Gasteiger partial charge in [-0.1, -0.05) is 23.8 Å². The standard InChI is InChI=1S/C21H20N4O2S/c1-13-4-5-16(14(2)8-13)10-23-25-18(12-28-21(25)22-3)15-6-7-19-17(9-15)24-20(26)11-27-19/h4-10,12H,11H2,1-3H3,(H,24,26). The highest BCUT2D eigenvalue weighted by Crippen LogP contribution is 2.32. The van der Waals surface area contributed by atoms with Crippen molar-refractivity contribution in [1.29, 1.82) is 0 Å². The number of carbonyl (C=O) groups is 1. The third-order valence-corrected chi connectivity index (χ3v) is 5.43. The van der Waals surface area contributed by atoms with E-state index >= 15 is 0 Å². The number of rotatable bonds is 3. The van der Waals surface area contributed by atoms with Crippen LogP contribution in [-0.4, -0.2) is 30.5 Å². The van der Waals surface area contributed by atoms with Crippen molar-refractivity contribution in [3.05, 3.63) is 63.3 Å². The molecular weight excluding hydrogens is 372 g/mol. The van der Waals surface area contributed by atoms with Crippen molar-refractivity contribution in [2.24, 2.45) is 10.1 Å². The number of benzene rings is 2. The first-order valence-corrected chi connectivity index (χ1v) is 9.75. The second-order valence-corrected chi connectivity index (χ2v) is 7.43. The Kier molecular flexibility index (Phi) is 4.83. The van der Waals surface area contributed by atoms with E-state index in [0.717, 1.165) is 21.6 Å². The van der Waals surface area contributed by atoms with Crippen molar-refractivity contribution < 1.29 is 9.53 Å². The molecule has 7 heteroatoms. The predicted molar refractivity (Wildman–Crippen MR) is 112 cm³/mol. The van der Waals surface area contributed by atoms with Crippen molar-refractivity contribution in [1.82, 2.24) is 4.68 Å². The molecule has 1 aromatic heterocycles. The summed E-state index contributed by atoms with van der Waals surface area (Å²) in [6.07, 6.45) is 1.85. The maximum Gasteiger partial charge on any atom is 0.262 e. The first kappa shape index (κ1) is 18.2. The highest BCUT2D eigenvalue weighted by atomic mass is 32.1. The van der Waals surface area contributed by atoms with Crippen LogP contribution < -0.4 is 14.9 Å². The van der Waals surface area contributed by atoms with Gasteiger partial charge in [0.05, 0.1) is 17.6 Å². The summed E-state index contributed by atoms with van der Waals surface area (Å²) in [5.41, 5.74) is 5.94. The van der Waals surface area contributed by atoms with Crippen LogP contribution in [0, 0.1) is 13.8 Å². The summed E-state index contributed by atoms with van der Waals surface area (Å²) in [6, 6.07) is 12.0. The van der Waals surface area contributed by atoms with Crippen LogP contribution in [-0.2, 0) is 4.79 Å². The minimum absolute atomic E-state index is 0.0455. The maximum atomic E-state index is 11.6. The summed E-state index contributed by atoms with van der Waals surface area (Å²) < 4.78 is 7.26. The smallest absolute Gasteiger partial charge is 0.262 e. The van der Waals surface area contributed by atoms with Crippen LogP contribution in [0.25, 0.3) is 11.3 Å². The van der Waals surface area contributed by atoms with Crippen molar-refractivity contribution in [3.8, 4) is 17.0 Å². The van der Waals surface area contributed by atoms with E-state index in [2.05, 4.69) is 42.4 Å². The predicted octanol–water partition coefficient (Wildman–Crippen LogP) is 3.58. The largest absolute Gasteiger partial charge is 0.482 e. The van der Waals surface area contributed by atoms with Gasteiger partial charge in [0.2, 0.25) is 4.80 Å². The molecule has 0 unspecified atom stereocenters. The van der Waals surface area contributed by atoms with Crippen LogP contribution in [0.2, 0.25) is 0 Å². The average molecular weight is 392 g/mol. The minimum Gasteiger partial charge on any atom is -0.482 e. The molecule has 142 valence electrons. The monoisotopic (exact) mass is 392 g/mol. The van der Waals surface area contributed by atoms with E-state index in [1.54, 1.807) is 7.05 Å². The molecule has 28 heavy (non-hydrogen) atoms. The van der Waals surface area contributed by atoms with Gasteiger partial charge in [0.1, 0.15) is 5.75 Å². The highest BCUT2D eigenvalue weighted by Gasteiger charge is 2.17. The second-order valence-electron chi connectivity index (χ2n) is 6.59. The lowest BCUT2D eigenvalue weighted by Crippen LogP contribution is -2.25. The number of fused-ring (bicyclic) bond motifs is 1. The molecule has 0 aliphatic carbocycles. The van der Waals surface area contributed by atoms with Crippen LogP contribution in [0.3, 0.4) is 0 Å². The number of nitrogens with zero attached hydrogens (tertiary/aromatic N) is 3. The lowest BCUT2D eigenvalue weighted by Gasteiger charge is -2.18. The van der Waals surface area contributed by atoms with Crippen molar-refractivity contribution in [3.63, 3.8) is 0 Å². The van der Waals surface area contributed by atoms with Crippen molar-refractivity contribution in [2.45, 2.75) is 13.8 Å². The fourth-order valence-corrected chi connectivity index (χ4v) is 3.90. The number of nitrogens with one attached hydrogen (secondary N) is 1. The molecule has 0 bridgehead atoms. The summed E-state index contributed by atoms with van der Waals surface area (Å²) in [4.78, 5) is 16.8. The molecule has 3 aromatic rings. The van der Waals surface area contributed by atoms with E-state index in [1.165, 1.54) is 22.5 Å². The number of carbonyl (C=O) groups excluding carboxylic acids is 1. The Labute approximate surface area is 166 Å². The summed E-state index contributed by atoms with van der Waals surface area (Å²) in [7, 11) is 1.75. The van der Waals surface area contributed by atoms with Crippen LogP contribution in [0.1, 0.15) is 16.7 Å². The van der Waals surface area contributed by atoms with E-state index in [0.29, 0.717) is 11.4 Å². The van der Waals surface area contributed by atoms with E-state index in [9.17, 15) is 4.79 Å². The van der Waals surface area contributed by atoms with Gasteiger partial charge in [0, 0.05) is 18.0 Å². The molecule has 1 aliphatic rings. The maximum absolute atomic E-state index is 11.6. The molecule has 0 atom stereocenters. The Morgan fingerprint density at radius 2 is 2.07 bits per heavy atom. The molecule has 2 heterocycles. The fourth-order valence-electron chi connectivity index (χ4n) is 3.09. The molecule has 0 saturated carbocycles. The third-order valence-electron chi connectivity index (χ3n) is 4.52. The molecule has 2 aromatic carbocycles. The first-order valence-electron chi connectivity index (χ1n) is 8.87. The fraction of sp³-hybridized carbons (Fsp3) is 0.190. The summed E-state index contributed by atoms with van der Waals surface area (Å²) in [6.45, 7) is 4.20. The lowest BCUT2D eigenvalue weighted by atomic mass is 10.1. The van der Waals surface area contributed by atoms with Gasteiger partial charge in [-0.3, -0.25) is 9.79 Å². The zero-order chi connectivity index (χ0) is 19.7. The van der Waals surface area contributed by atoms with Crippen LogP contribution in [0.4, 0.5) is 5.69 Å². The van der Waals surface area contributed by atoms with Gasteiger partial charge in [-0.05, 0) is 43.2 Å². The topological polar surface area (TPSA) is 68.0 Å². The summed E-state index contributed by atoms with van der Waals surface area (Å²) in [5, 5.41) is 9.55. The van der Waals surface area contributed by atoms with Crippen molar-refractivity contribution in [2.75, 3.05) is 19.0 Å². The van der Waals surface area contributed by atoms with Crippen LogP contribution >= 0.6 is 11.3 Å². The Hall–Kier alpha value is -3.19. The van der Waals surface area contributed by atoms with E-state index < -0.39 is 0 Å². The van der Waals surface area contributed by atoms with Gasteiger partial charge in [0.15, 0.2) is 6.61 Å². The number of thiazole rings is 1.